The van der Waals surface area contributed by atoms with Gasteiger partial charge in [-0.25, -0.2) is 4.99 Å². The first kappa shape index (κ1) is 13.4. The number of alkyl halides is 1. The summed E-state index contributed by atoms with van der Waals surface area (Å²) < 4.78 is 0.316. The van der Waals surface area contributed by atoms with Crippen molar-refractivity contribution in [3.8, 4) is 6.07 Å². The van der Waals surface area contributed by atoms with Crippen LogP contribution in [0.25, 0.3) is 0 Å². The number of amidine groups is 1. The Morgan fingerprint density at radius 2 is 2.35 bits per heavy atom. The third-order valence-corrected chi connectivity index (χ3v) is 2.65. The second kappa shape index (κ2) is 5.61. The summed E-state index contributed by atoms with van der Waals surface area (Å²) in [4.78, 5) is 13.9. The molecular weight excluding hydrogens is 311 g/mol. The lowest BCUT2D eigenvalue weighted by Crippen LogP contribution is -2.12. The fourth-order valence-corrected chi connectivity index (χ4v) is 1.66. The highest BCUT2D eigenvalue weighted by Gasteiger charge is 2.15. The lowest BCUT2D eigenvalue weighted by Gasteiger charge is -2.02. The molecule has 0 unspecified atom stereocenters. The molecule has 0 heterocycles. The van der Waals surface area contributed by atoms with Gasteiger partial charge in [0.2, 0.25) is 0 Å². The Morgan fingerprint density at radius 3 is 2.82 bits per heavy atom. The SMILES string of the molecule is N#Cc1cc([N+](=O)[O-])cc(Br)c1N=C(N)CCl. The van der Waals surface area contributed by atoms with E-state index < -0.39 is 4.92 Å². The highest BCUT2D eigenvalue weighted by atomic mass is 79.9. The molecule has 0 aliphatic carbocycles. The van der Waals surface area contributed by atoms with Gasteiger partial charge < -0.3 is 5.73 Å². The van der Waals surface area contributed by atoms with E-state index in [9.17, 15) is 10.1 Å². The number of benzene rings is 1. The summed E-state index contributed by atoms with van der Waals surface area (Å²) in [6, 6.07) is 4.20. The van der Waals surface area contributed by atoms with E-state index in [2.05, 4.69) is 20.9 Å². The Hall–Kier alpha value is -1.65. The zero-order chi connectivity index (χ0) is 13.0. The van der Waals surface area contributed by atoms with Gasteiger partial charge in [0.15, 0.2) is 0 Å². The molecule has 0 saturated carbocycles. The minimum absolute atomic E-state index is 0.00823. The van der Waals surface area contributed by atoms with Crippen molar-refractivity contribution >= 4 is 44.7 Å². The van der Waals surface area contributed by atoms with Gasteiger partial charge in [-0.1, -0.05) is 0 Å². The lowest BCUT2D eigenvalue weighted by atomic mass is 10.2. The second-order valence-electron chi connectivity index (χ2n) is 2.93. The molecule has 8 heteroatoms. The normalized spacial score (nSPS) is 11.0. The van der Waals surface area contributed by atoms with Crippen molar-refractivity contribution in [2.75, 3.05) is 5.88 Å². The number of nitro benzene ring substituents is 1. The molecule has 6 nitrogen and oxygen atoms in total. The molecule has 0 saturated heterocycles. The first-order valence-corrected chi connectivity index (χ1v) is 5.59. The first-order valence-electron chi connectivity index (χ1n) is 4.26. The van der Waals surface area contributed by atoms with Gasteiger partial charge in [-0.3, -0.25) is 10.1 Å². The maximum absolute atomic E-state index is 10.6. The van der Waals surface area contributed by atoms with E-state index in [4.69, 9.17) is 22.6 Å². The third kappa shape index (κ3) is 3.15. The Kier molecular flexibility index (Phi) is 4.43. The van der Waals surface area contributed by atoms with Gasteiger partial charge in [0.1, 0.15) is 11.9 Å². The van der Waals surface area contributed by atoms with Gasteiger partial charge in [-0.2, -0.15) is 5.26 Å². The van der Waals surface area contributed by atoms with Crippen molar-refractivity contribution in [3.05, 3.63) is 32.3 Å². The Labute approximate surface area is 110 Å². The maximum Gasteiger partial charge on any atom is 0.272 e. The predicted octanol–water partition coefficient (Wildman–Crippen LogP) is 2.46. The zero-order valence-corrected chi connectivity index (χ0v) is 10.7. The zero-order valence-electron chi connectivity index (χ0n) is 8.35. The van der Waals surface area contributed by atoms with Crippen LogP contribution in [0, 0.1) is 21.4 Å². The van der Waals surface area contributed by atoms with Crippen molar-refractivity contribution in [3.63, 3.8) is 0 Å². The number of hydrogen-bond donors (Lipinski definition) is 1. The fraction of sp³-hybridized carbons (Fsp3) is 0.111. The number of nitrogens with zero attached hydrogens (tertiary/aromatic N) is 3. The van der Waals surface area contributed by atoms with Crippen molar-refractivity contribution < 1.29 is 4.92 Å². The molecule has 0 spiro atoms. The van der Waals surface area contributed by atoms with Crippen molar-refractivity contribution in [1.29, 1.82) is 5.26 Å². The number of nitrogens with two attached hydrogens (primary N) is 1. The third-order valence-electron chi connectivity index (χ3n) is 1.77. The van der Waals surface area contributed by atoms with E-state index in [0.29, 0.717) is 4.47 Å². The summed E-state index contributed by atoms with van der Waals surface area (Å²) >= 11 is 8.57. The summed E-state index contributed by atoms with van der Waals surface area (Å²) in [5.74, 6) is 0.131. The fourth-order valence-electron chi connectivity index (χ4n) is 1.06. The monoisotopic (exact) mass is 316 g/mol. The standard InChI is InChI=1S/C9H6BrClN4O2/c10-7-2-6(15(16)17)1-5(4-12)9(7)14-8(13)3-11/h1-2H,3H2,(H2,13,14). The summed E-state index contributed by atoms with van der Waals surface area (Å²) in [6.45, 7) is 0. The smallest absolute Gasteiger partial charge is 0.272 e. The van der Waals surface area contributed by atoms with E-state index in [0.717, 1.165) is 6.07 Å². The Bertz CT molecular complexity index is 539. The van der Waals surface area contributed by atoms with E-state index >= 15 is 0 Å². The number of aliphatic imine (C=N–C) groups is 1. The molecule has 1 rings (SSSR count). The van der Waals surface area contributed by atoms with Crippen LogP contribution in [0.15, 0.2) is 21.6 Å². The Balaban J connectivity index is 3.43. The molecule has 0 amide bonds. The number of non-ortho nitro benzene ring substituents is 1. The average molecular weight is 318 g/mol. The molecule has 2 N–H and O–H groups in total. The topological polar surface area (TPSA) is 105 Å². The van der Waals surface area contributed by atoms with Crippen LogP contribution in [0.2, 0.25) is 0 Å². The van der Waals surface area contributed by atoms with Gasteiger partial charge in [0, 0.05) is 12.1 Å². The van der Waals surface area contributed by atoms with Crippen molar-refractivity contribution in [2.24, 2.45) is 10.7 Å². The van der Waals surface area contributed by atoms with Crippen LogP contribution < -0.4 is 5.73 Å². The van der Waals surface area contributed by atoms with Crippen LogP contribution in [-0.2, 0) is 0 Å². The molecular formula is C9H6BrClN4O2. The predicted molar refractivity (Wildman–Crippen MR) is 67.5 cm³/mol. The quantitative estimate of drug-likeness (QED) is 0.304. The van der Waals surface area contributed by atoms with Gasteiger partial charge in [0.25, 0.3) is 5.69 Å². The minimum atomic E-state index is -0.593. The molecule has 0 fully saturated rings. The molecule has 17 heavy (non-hydrogen) atoms. The van der Waals surface area contributed by atoms with Crippen LogP contribution >= 0.6 is 27.5 Å². The van der Waals surface area contributed by atoms with Crippen molar-refractivity contribution in [2.45, 2.75) is 0 Å². The molecule has 1 aromatic rings. The van der Waals surface area contributed by atoms with Gasteiger partial charge in [0.05, 0.1) is 26.5 Å². The average Bonchev–Trinajstić information content (AvgIpc) is 2.30. The molecule has 0 atom stereocenters. The summed E-state index contributed by atoms with van der Waals surface area (Å²) in [5.41, 5.74) is 5.54. The first-order chi connectivity index (χ1) is 7.99. The summed E-state index contributed by atoms with van der Waals surface area (Å²) in [5, 5.41) is 19.5. The molecule has 0 aliphatic rings. The number of halogens is 2. The molecule has 88 valence electrons. The Morgan fingerprint density at radius 1 is 1.71 bits per heavy atom. The van der Waals surface area contributed by atoms with Gasteiger partial charge in [-0.15, -0.1) is 11.6 Å². The minimum Gasteiger partial charge on any atom is -0.386 e. The van der Waals surface area contributed by atoms with Gasteiger partial charge in [-0.05, 0) is 15.9 Å². The molecule has 0 aliphatic heterocycles. The number of hydrogen-bond acceptors (Lipinski definition) is 4. The van der Waals surface area contributed by atoms with Crippen LogP contribution in [0.5, 0.6) is 0 Å². The van der Waals surface area contributed by atoms with Crippen LogP contribution in [0.4, 0.5) is 11.4 Å². The van der Waals surface area contributed by atoms with E-state index in [1.54, 1.807) is 0 Å². The van der Waals surface area contributed by atoms with Crippen molar-refractivity contribution in [1.82, 2.24) is 0 Å². The second-order valence-corrected chi connectivity index (χ2v) is 4.05. The lowest BCUT2D eigenvalue weighted by molar-refractivity contribution is -0.384. The molecule has 0 radical (unpaired) electrons. The number of nitro groups is 1. The number of rotatable bonds is 3. The summed E-state index contributed by atoms with van der Waals surface area (Å²) in [7, 11) is 0. The van der Waals surface area contributed by atoms with E-state index in [1.165, 1.54) is 6.07 Å². The largest absolute Gasteiger partial charge is 0.386 e. The van der Waals surface area contributed by atoms with Gasteiger partial charge >= 0.3 is 0 Å². The highest BCUT2D eigenvalue weighted by molar-refractivity contribution is 9.10. The summed E-state index contributed by atoms with van der Waals surface area (Å²) in [6.07, 6.45) is 0. The van der Waals surface area contributed by atoms with Crippen LogP contribution in [-0.4, -0.2) is 16.6 Å². The van der Waals surface area contributed by atoms with E-state index in [1.807, 2.05) is 6.07 Å². The molecule has 0 bridgehead atoms. The molecule has 0 aromatic heterocycles. The van der Waals surface area contributed by atoms with E-state index in [-0.39, 0.29) is 28.7 Å². The van der Waals surface area contributed by atoms with Crippen LogP contribution in [0.3, 0.4) is 0 Å². The maximum atomic E-state index is 10.6. The van der Waals surface area contributed by atoms with Crippen LogP contribution in [0.1, 0.15) is 5.56 Å². The molecule has 1 aromatic carbocycles. The number of nitriles is 1. The highest BCUT2D eigenvalue weighted by Crippen LogP contribution is 2.33.